The van der Waals surface area contributed by atoms with Gasteiger partial charge in [0, 0.05) is 16.1 Å². The number of nitrogens with zero attached hydrogens (tertiary/aromatic N) is 2. The molecule has 25 heavy (non-hydrogen) atoms. The summed E-state index contributed by atoms with van der Waals surface area (Å²) in [6, 6.07) is 10.7. The summed E-state index contributed by atoms with van der Waals surface area (Å²) < 4.78 is 0.936. The van der Waals surface area contributed by atoms with Crippen molar-refractivity contribution in [3.63, 3.8) is 0 Å². The lowest BCUT2D eigenvalue weighted by molar-refractivity contribution is -0.384. The van der Waals surface area contributed by atoms with Crippen LogP contribution in [0.4, 0.5) is 11.4 Å². The van der Waals surface area contributed by atoms with Gasteiger partial charge in [-0.1, -0.05) is 52.0 Å². The molecule has 0 spiro atoms. The number of anilines is 1. The summed E-state index contributed by atoms with van der Waals surface area (Å²) in [6.45, 7) is 0. The van der Waals surface area contributed by atoms with E-state index in [9.17, 15) is 20.0 Å². The highest BCUT2D eigenvalue weighted by Gasteiger charge is 2.36. The molecule has 6 nitrogen and oxygen atoms in total. The zero-order valence-electron chi connectivity index (χ0n) is 12.4. The van der Waals surface area contributed by atoms with Crippen LogP contribution in [0, 0.1) is 10.1 Å². The van der Waals surface area contributed by atoms with Crippen molar-refractivity contribution in [3.05, 3.63) is 67.5 Å². The van der Waals surface area contributed by atoms with Crippen molar-refractivity contribution in [2.24, 2.45) is 0 Å². The number of rotatable bonds is 3. The van der Waals surface area contributed by atoms with Crippen LogP contribution >= 0.6 is 39.9 Å². The number of nitro groups is 1. The highest BCUT2D eigenvalue weighted by molar-refractivity contribution is 9.10. The number of nitro benzene ring substituents is 1. The van der Waals surface area contributed by atoms with Crippen molar-refractivity contribution < 1.29 is 14.8 Å². The number of para-hydroxylation sites is 2. The molecule has 1 aliphatic rings. The third kappa shape index (κ3) is 3.44. The Hall–Kier alpha value is -2.23. The average Bonchev–Trinajstić information content (AvgIpc) is 2.84. The lowest BCUT2D eigenvalue weighted by atomic mass is 10.2. The topological polar surface area (TPSA) is 83.7 Å². The summed E-state index contributed by atoms with van der Waals surface area (Å²) in [5, 5.41) is 21.1. The highest BCUT2D eigenvalue weighted by atomic mass is 79.9. The molecule has 0 bridgehead atoms. The average molecular weight is 437 g/mol. The Balaban J connectivity index is 2.03. The van der Waals surface area contributed by atoms with E-state index in [1.807, 2.05) is 0 Å². The fraction of sp³-hybridized carbons (Fsp3) is 0. The van der Waals surface area contributed by atoms with Gasteiger partial charge in [0.15, 0.2) is 4.32 Å². The molecule has 0 aromatic heterocycles. The molecular weight excluding hydrogens is 428 g/mol. The summed E-state index contributed by atoms with van der Waals surface area (Å²) in [5.41, 5.74) is 0.361. The van der Waals surface area contributed by atoms with Crippen LogP contribution in [0.15, 0.2) is 51.8 Å². The molecule has 3 rings (SSSR count). The second kappa shape index (κ2) is 6.95. The first-order valence-corrected chi connectivity index (χ1v) is 8.90. The van der Waals surface area contributed by atoms with Gasteiger partial charge in [0.1, 0.15) is 11.4 Å². The Labute approximate surface area is 160 Å². The van der Waals surface area contributed by atoms with Gasteiger partial charge in [-0.15, -0.1) is 0 Å². The Morgan fingerprint density at radius 3 is 2.72 bits per heavy atom. The van der Waals surface area contributed by atoms with Crippen LogP contribution in [-0.2, 0) is 4.79 Å². The van der Waals surface area contributed by atoms with Crippen molar-refractivity contribution in [2.45, 2.75) is 0 Å². The van der Waals surface area contributed by atoms with Gasteiger partial charge in [0.25, 0.3) is 11.6 Å². The van der Waals surface area contributed by atoms with Gasteiger partial charge in [-0.05, 0) is 30.3 Å². The minimum Gasteiger partial charge on any atom is -0.507 e. The molecule has 126 valence electrons. The molecule has 2 aromatic carbocycles. The fourth-order valence-corrected chi connectivity index (χ4v) is 3.92. The first-order chi connectivity index (χ1) is 11.9. The molecule has 9 heteroatoms. The number of carbonyl (C=O) groups is 1. The number of phenolic OH excluding ortho intramolecular Hbond substituents is 1. The van der Waals surface area contributed by atoms with Crippen LogP contribution in [0.5, 0.6) is 5.75 Å². The van der Waals surface area contributed by atoms with Crippen molar-refractivity contribution in [3.8, 4) is 5.75 Å². The molecule has 0 atom stereocenters. The van der Waals surface area contributed by atoms with E-state index in [0.717, 1.165) is 21.1 Å². The van der Waals surface area contributed by atoms with Crippen LogP contribution in [0.2, 0.25) is 0 Å². The number of benzene rings is 2. The molecule has 0 radical (unpaired) electrons. The maximum atomic E-state index is 12.7. The fourth-order valence-electron chi connectivity index (χ4n) is 2.27. The summed E-state index contributed by atoms with van der Waals surface area (Å²) in [5.74, 6) is -0.456. The van der Waals surface area contributed by atoms with Crippen molar-refractivity contribution in [2.75, 3.05) is 4.90 Å². The second-order valence-corrected chi connectivity index (χ2v) is 7.56. The van der Waals surface area contributed by atoms with Crippen LogP contribution in [0.3, 0.4) is 0 Å². The number of thiocarbonyl (C=S) groups is 1. The molecule has 0 unspecified atom stereocenters. The largest absolute Gasteiger partial charge is 0.507 e. The molecule has 2 aromatic rings. The first kappa shape index (κ1) is 17.6. The lowest BCUT2D eigenvalue weighted by Crippen LogP contribution is -2.28. The van der Waals surface area contributed by atoms with Gasteiger partial charge in [0.2, 0.25) is 0 Å². The van der Waals surface area contributed by atoms with Gasteiger partial charge in [0.05, 0.1) is 9.83 Å². The van der Waals surface area contributed by atoms with E-state index in [-0.39, 0.29) is 26.3 Å². The Bertz CT molecular complexity index is 945. The minimum absolute atomic E-state index is 0.0131. The molecule has 0 saturated carbocycles. The smallest absolute Gasteiger partial charge is 0.293 e. The second-order valence-electron chi connectivity index (χ2n) is 4.97. The third-order valence-electron chi connectivity index (χ3n) is 3.39. The van der Waals surface area contributed by atoms with Crippen LogP contribution in [-0.4, -0.2) is 20.3 Å². The zero-order valence-corrected chi connectivity index (χ0v) is 15.6. The number of phenols is 1. The number of thioether (sulfide) groups is 1. The van der Waals surface area contributed by atoms with Crippen LogP contribution in [0.1, 0.15) is 5.56 Å². The molecule has 1 aliphatic heterocycles. The zero-order chi connectivity index (χ0) is 18.1. The predicted octanol–water partition coefficient (Wildman–Crippen LogP) is 4.47. The number of carbonyl (C=O) groups excluding carboxylic acids is 1. The monoisotopic (exact) mass is 436 g/mol. The number of hydrogen-bond acceptors (Lipinski definition) is 6. The summed E-state index contributed by atoms with van der Waals surface area (Å²) >= 11 is 9.56. The number of halogens is 1. The summed E-state index contributed by atoms with van der Waals surface area (Å²) in [4.78, 5) is 24.8. The van der Waals surface area contributed by atoms with Crippen LogP contribution in [0.25, 0.3) is 6.08 Å². The maximum Gasteiger partial charge on any atom is 0.293 e. The highest BCUT2D eigenvalue weighted by Crippen LogP contribution is 2.40. The molecule has 1 N–H and O–H groups in total. The normalized spacial score (nSPS) is 15.9. The van der Waals surface area contributed by atoms with E-state index >= 15 is 0 Å². The summed E-state index contributed by atoms with van der Waals surface area (Å²) in [6.07, 6.45) is 1.51. The standard InChI is InChI=1S/C16H9BrN2O4S2/c17-10-5-6-13(20)9(7-10)8-14-15(21)18(16(24)25-14)11-3-1-2-4-12(11)19(22)23/h1-8,20H/b14-8-. The van der Waals surface area contributed by atoms with E-state index < -0.39 is 10.8 Å². The third-order valence-corrected chi connectivity index (χ3v) is 5.18. The van der Waals surface area contributed by atoms with Crippen molar-refractivity contribution >= 4 is 67.6 Å². The quantitative estimate of drug-likeness (QED) is 0.330. The van der Waals surface area contributed by atoms with Gasteiger partial charge in [-0.3, -0.25) is 19.8 Å². The molecular formula is C16H9BrN2O4S2. The van der Waals surface area contributed by atoms with Gasteiger partial charge in [-0.25, -0.2) is 0 Å². The molecule has 1 heterocycles. The van der Waals surface area contributed by atoms with E-state index in [1.165, 1.54) is 30.3 Å². The van der Waals surface area contributed by atoms with Gasteiger partial charge in [-0.2, -0.15) is 0 Å². The SMILES string of the molecule is O=C1/C(=C/c2cc(Br)ccc2O)SC(=S)N1c1ccccc1[N+](=O)[O-]. The molecule has 0 aliphatic carbocycles. The van der Waals surface area contributed by atoms with Crippen molar-refractivity contribution in [1.29, 1.82) is 0 Å². The number of aromatic hydroxyl groups is 1. The minimum atomic E-state index is -0.558. The first-order valence-electron chi connectivity index (χ1n) is 6.88. The number of hydrogen-bond donors (Lipinski definition) is 1. The molecule has 1 saturated heterocycles. The van der Waals surface area contributed by atoms with E-state index in [1.54, 1.807) is 18.2 Å². The Kier molecular flexibility index (Phi) is 4.89. The lowest BCUT2D eigenvalue weighted by Gasteiger charge is -2.14. The van der Waals surface area contributed by atoms with Crippen LogP contribution < -0.4 is 4.90 Å². The van der Waals surface area contributed by atoms with Gasteiger partial charge < -0.3 is 5.11 Å². The summed E-state index contributed by atoms with van der Waals surface area (Å²) in [7, 11) is 0. The van der Waals surface area contributed by atoms with E-state index in [4.69, 9.17) is 12.2 Å². The number of amides is 1. The Morgan fingerprint density at radius 1 is 1.28 bits per heavy atom. The molecule has 1 fully saturated rings. The molecule has 1 amide bonds. The van der Waals surface area contributed by atoms with E-state index in [2.05, 4.69) is 15.9 Å². The maximum absolute atomic E-state index is 12.7. The predicted molar refractivity (Wildman–Crippen MR) is 105 cm³/mol. The van der Waals surface area contributed by atoms with Crippen molar-refractivity contribution in [1.82, 2.24) is 0 Å². The Morgan fingerprint density at radius 2 is 2.00 bits per heavy atom. The van der Waals surface area contributed by atoms with Gasteiger partial charge >= 0.3 is 0 Å². The van der Waals surface area contributed by atoms with E-state index in [0.29, 0.717) is 5.56 Å².